The third kappa shape index (κ3) is 4.93. The second-order valence-corrected chi connectivity index (χ2v) is 9.21. The minimum Gasteiger partial charge on any atom is -0.353 e. The molecule has 0 unspecified atom stereocenters. The average Bonchev–Trinajstić information content (AvgIpc) is 3.24. The number of nitrogens with zero attached hydrogens (tertiary/aromatic N) is 3. The van der Waals surface area contributed by atoms with Crippen LogP contribution < -0.4 is 5.32 Å². The van der Waals surface area contributed by atoms with Gasteiger partial charge >= 0.3 is 0 Å². The molecule has 1 fully saturated rings. The second-order valence-electron chi connectivity index (χ2n) is 7.19. The maximum atomic E-state index is 12.3. The van der Waals surface area contributed by atoms with Gasteiger partial charge in [-0.15, -0.1) is 21.5 Å². The minimum absolute atomic E-state index is 0.111. The summed E-state index contributed by atoms with van der Waals surface area (Å²) in [6.07, 6.45) is 7.99. The molecule has 0 radical (unpaired) electrons. The fourth-order valence-corrected chi connectivity index (χ4v) is 5.49. The van der Waals surface area contributed by atoms with E-state index in [0.717, 1.165) is 43.2 Å². The molecule has 3 rings (SSSR count). The van der Waals surface area contributed by atoms with Crippen molar-refractivity contribution in [1.29, 1.82) is 0 Å². The summed E-state index contributed by atoms with van der Waals surface area (Å²) < 4.78 is 2.18. The van der Waals surface area contributed by atoms with Crippen LogP contribution in [0.4, 0.5) is 0 Å². The lowest BCUT2D eigenvalue weighted by molar-refractivity contribution is -0.119. The standard InChI is InChI=1S/C20H30N4OS2/c1-4-11-24-19(17-12-26-14(3)16(17)5-2)22-23-20(24)27-13-18(25)21-15-9-7-6-8-10-15/h12,15H,4-11,13H2,1-3H3,(H,21,25). The van der Waals surface area contributed by atoms with Crippen molar-refractivity contribution in [3.63, 3.8) is 0 Å². The molecule has 148 valence electrons. The van der Waals surface area contributed by atoms with Crippen molar-refractivity contribution < 1.29 is 4.79 Å². The van der Waals surface area contributed by atoms with Gasteiger partial charge < -0.3 is 9.88 Å². The molecule has 1 saturated carbocycles. The van der Waals surface area contributed by atoms with Crippen molar-refractivity contribution >= 4 is 29.0 Å². The number of amides is 1. The summed E-state index contributed by atoms with van der Waals surface area (Å²) in [5.41, 5.74) is 2.55. The zero-order valence-electron chi connectivity index (χ0n) is 16.6. The van der Waals surface area contributed by atoms with Gasteiger partial charge in [0.25, 0.3) is 0 Å². The summed E-state index contributed by atoms with van der Waals surface area (Å²) in [7, 11) is 0. The second kappa shape index (κ2) is 9.73. The van der Waals surface area contributed by atoms with Crippen LogP contribution in [-0.2, 0) is 17.8 Å². The number of thioether (sulfide) groups is 1. The third-order valence-corrected chi connectivity index (χ3v) is 7.09. The molecule has 5 nitrogen and oxygen atoms in total. The molecular weight excluding hydrogens is 376 g/mol. The molecule has 1 amide bonds. The van der Waals surface area contributed by atoms with Crippen LogP contribution in [0.5, 0.6) is 0 Å². The van der Waals surface area contributed by atoms with Gasteiger partial charge in [0.05, 0.1) is 5.75 Å². The molecule has 2 heterocycles. The van der Waals surface area contributed by atoms with Crippen LogP contribution in [-0.4, -0.2) is 32.5 Å². The fourth-order valence-electron chi connectivity index (χ4n) is 3.77. The van der Waals surface area contributed by atoms with Crippen LogP contribution in [0.25, 0.3) is 11.4 Å². The Labute approximate surface area is 170 Å². The van der Waals surface area contributed by atoms with E-state index in [9.17, 15) is 4.79 Å². The molecular formula is C20H30N4OS2. The molecule has 0 aliphatic heterocycles. The molecule has 2 aromatic heterocycles. The third-order valence-electron chi connectivity index (χ3n) is 5.16. The van der Waals surface area contributed by atoms with Crippen LogP contribution in [0.3, 0.4) is 0 Å². The first-order chi connectivity index (χ1) is 13.1. The quantitative estimate of drug-likeness (QED) is 0.638. The molecule has 1 aliphatic rings. The first kappa shape index (κ1) is 20.4. The van der Waals surface area contributed by atoms with Crippen LogP contribution in [0.15, 0.2) is 10.5 Å². The van der Waals surface area contributed by atoms with Crippen molar-refractivity contribution in [2.45, 2.75) is 83.5 Å². The summed E-state index contributed by atoms with van der Waals surface area (Å²) in [4.78, 5) is 13.7. The number of carbonyl (C=O) groups is 1. The molecule has 27 heavy (non-hydrogen) atoms. The maximum Gasteiger partial charge on any atom is 0.230 e. The van der Waals surface area contributed by atoms with E-state index in [1.165, 1.54) is 47.0 Å². The van der Waals surface area contributed by atoms with E-state index in [-0.39, 0.29) is 5.91 Å². The van der Waals surface area contributed by atoms with E-state index >= 15 is 0 Å². The number of nitrogens with one attached hydrogen (secondary N) is 1. The summed E-state index contributed by atoms with van der Waals surface area (Å²) in [6.45, 7) is 7.38. The van der Waals surface area contributed by atoms with Gasteiger partial charge in [-0.25, -0.2) is 0 Å². The SMILES string of the molecule is CCCn1c(SCC(=O)NC2CCCCC2)nnc1-c1csc(C)c1CC. The fraction of sp³-hybridized carbons (Fsp3) is 0.650. The van der Waals surface area contributed by atoms with Crippen molar-refractivity contribution in [1.82, 2.24) is 20.1 Å². The molecule has 0 saturated heterocycles. The first-order valence-electron chi connectivity index (χ1n) is 10.1. The molecule has 2 aromatic rings. The lowest BCUT2D eigenvalue weighted by Gasteiger charge is -2.22. The predicted molar refractivity (Wildman–Crippen MR) is 113 cm³/mol. The zero-order valence-corrected chi connectivity index (χ0v) is 18.2. The molecule has 1 N–H and O–H groups in total. The zero-order chi connectivity index (χ0) is 19.2. The van der Waals surface area contributed by atoms with E-state index in [0.29, 0.717) is 11.8 Å². The number of hydrogen-bond donors (Lipinski definition) is 1. The average molecular weight is 407 g/mol. The highest BCUT2D eigenvalue weighted by atomic mass is 32.2. The highest BCUT2D eigenvalue weighted by molar-refractivity contribution is 7.99. The van der Waals surface area contributed by atoms with Gasteiger partial charge in [0.15, 0.2) is 11.0 Å². The molecule has 1 aliphatic carbocycles. The van der Waals surface area contributed by atoms with E-state index in [1.807, 2.05) is 0 Å². The van der Waals surface area contributed by atoms with E-state index in [4.69, 9.17) is 0 Å². The Balaban J connectivity index is 1.70. The molecule has 7 heteroatoms. The molecule has 0 atom stereocenters. The van der Waals surface area contributed by atoms with Gasteiger partial charge in [-0.2, -0.15) is 0 Å². The van der Waals surface area contributed by atoms with Gasteiger partial charge in [-0.1, -0.05) is 44.9 Å². The van der Waals surface area contributed by atoms with Gasteiger partial charge in [0, 0.05) is 28.4 Å². The lowest BCUT2D eigenvalue weighted by atomic mass is 9.95. The number of hydrogen-bond acceptors (Lipinski definition) is 5. The van der Waals surface area contributed by atoms with Gasteiger partial charge in [0.1, 0.15) is 0 Å². The van der Waals surface area contributed by atoms with Crippen LogP contribution in [0.2, 0.25) is 0 Å². The van der Waals surface area contributed by atoms with Crippen LogP contribution in [0.1, 0.15) is 62.8 Å². The first-order valence-corrected chi connectivity index (χ1v) is 11.9. The van der Waals surface area contributed by atoms with Crippen LogP contribution >= 0.6 is 23.1 Å². The van der Waals surface area contributed by atoms with Crippen molar-refractivity contribution in [3.8, 4) is 11.4 Å². The number of aromatic nitrogens is 3. The number of carbonyl (C=O) groups excluding carboxylic acids is 1. The highest BCUT2D eigenvalue weighted by Crippen LogP contribution is 2.32. The summed E-state index contributed by atoms with van der Waals surface area (Å²) in [6, 6.07) is 0.358. The number of thiophene rings is 1. The van der Waals surface area contributed by atoms with Gasteiger partial charge in [0.2, 0.25) is 5.91 Å². The molecule has 0 spiro atoms. The smallest absolute Gasteiger partial charge is 0.230 e. The van der Waals surface area contributed by atoms with Gasteiger partial charge in [-0.3, -0.25) is 4.79 Å². The van der Waals surface area contributed by atoms with Crippen LogP contribution in [0, 0.1) is 6.92 Å². The largest absolute Gasteiger partial charge is 0.353 e. The maximum absolute atomic E-state index is 12.3. The van der Waals surface area contributed by atoms with E-state index < -0.39 is 0 Å². The number of rotatable bonds is 8. The van der Waals surface area contributed by atoms with Crippen molar-refractivity contribution in [2.24, 2.45) is 0 Å². The minimum atomic E-state index is 0.111. The Hall–Kier alpha value is -1.34. The summed E-state index contributed by atoms with van der Waals surface area (Å²) >= 11 is 3.27. The van der Waals surface area contributed by atoms with E-state index in [1.54, 1.807) is 11.3 Å². The Bertz CT molecular complexity index is 762. The number of aryl methyl sites for hydroxylation is 1. The Morgan fingerprint density at radius 2 is 2.07 bits per heavy atom. The van der Waals surface area contributed by atoms with E-state index in [2.05, 4.69) is 46.2 Å². The van der Waals surface area contributed by atoms with Gasteiger partial charge in [-0.05, 0) is 38.2 Å². The Kier molecular flexibility index (Phi) is 7.35. The Morgan fingerprint density at radius 1 is 1.30 bits per heavy atom. The monoisotopic (exact) mass is 406 g/mol. The molecule has 0 bridgehead atoms. The lowest BCUT2D eigenvalue weighted by Crippen LogP contribution is -2.37. The highest BCUT2D eigenvalue weighted by Gasteiger charge is 2.20. The van der Waals surface area contributed by atoms with Crippen molar-refractivity contribution in [2.75, 3.05) is 5.75 Å². The topological polar surface area (TPSA) is 59.8 Å². The predicted octanol–water partition coefficient (Wildman–Crippen LogP) is 4.83. The molecule has 0 aromatic carbocycles. The normalized spacial score (nSPS) is 15.2. The van der Waals surface area contributed by atoms with Crippen molar-refractivity contribution in [3.05, 3.63) is 15.8 Å². The summed E-state index contributed by atoms with van der Waals surface area (Å²) in [5, 5.41) is 15.1. The Morgan fingerprint density at radius 3 is 2.78 bits per heavy atom. The summed E-state index contributed by atoms with van der Waals surface area (Å²) in [5.74, 6) is 1.45.